The molecule has 0 saturated heterocycles. The lowest BCUT2D eigenvalue weighted by Crippen LogP contribution is -2.07. The Morgan fingerprint density at radius 2 is 2.00 bits per heavy atom. The molecule has 102 valence electrons. The van der Waals surface area contributed by atoms with Crippen LogP contribution in [0.1, 0.15) is 17.0 Å². The number of aromatic nitrogens is 4. The summed E-state index contributed by atoms with van der Waals surface area (Å²) in [6, 6.07) is 9.64. The van der Waals surface area contributed by atoms with Gasteiger partial charge in [0.05, 0.1) is 17.6 Å². The first-order chi connectivity index (χ1) is 10.3. The monoisotopic (exact) mass is 295 g/mol. The summed E-state index contributed by atoms with van der Waals surface area (Å²) in [4.78, 5) is 8.89. The highest BCUT2D eigenvalue weighted by Crippen LogP contribution is 2.26. The van der Waals surface area contributed by atoms with E-state index in [9.17, 15) is 0 Å². The normalized spacial score (nSPS) is 13.1. The Bertz CT molecular complexity index is 853. The summed E-state index contributed by atoms with van der Waals surface area (Å²) in [5.41, 5.74) is 3.64. The zero-order chi connectivity index (χ0) is 14.2. The van der Waals surface area contributed by atoms with E-state index in [-0.39, 0.29) is 0 Å². The van der Waals surface area contributed by atoms with Crippen molar-refractivity contribution < 1.29 is 0 Å². The fraction of sp³-hybridized carbons (Fsp3) is 0.0667. The third-order valence-electron chi connectivity index (χ3n) is 3.44. The van der Waals surface area contributed by atoms with Crippen molar-refractivity contribution in [3.05, 3.63) is 71.0 Å². The number of pyridine rings is 1. The Hall–Kier alpha value is -2.53. The molecule has 0 aliphatic carbocycles. The molecule has 1 aromatic carbocycles. The van der Waals surface area contributed by atoms with Gasteiger partial charge in [0.2, 0.25) is 0 Å². The molecule has 0 unspecified atom stereocenters. The summed E-state index contributed by atoms with van der Waals surface area (Å²) >= 11 is 6.33. The Balaban J connectivity index is 1.99. The summed E-state index contributed by atoms with van der Waals surface area (Å²) in [6.07, 6.45) is 5.22. The van der Waals surface area contributed by atoms with Crippen molar-refractivity contribution in [1.82, 2.24) is 19.7 Å². The van der Waals surface area contributed by atoms with Crippen LogP contribution in [0.3, 0.4) is 0 Å². The second-order valence-electron chi connectivity index (χ2n) is 4.65. The average molecular weight is 296 g/mol. The molecule has 0 saturated carbocycles. The minimum atomic E-state index is 0.454. The Morgan fingerprint density at radius 3 is 2.90 bits per heavy atom. The van der Waals surface area contributed by atoms with E-state index >= 15 is 0 Å². The number of rotatable bonds is 1. The lowest BCUT2D eigenvalue weighted by atomic mass is 10.0. The smallest absolute Gasteiger partial charge is 0.159 e. The van der Waals surface area contributed by atoms with E-state index in [1.54, 1.807) is 18.7 Å². The number of fused-ring (bicyclic) bond motifs is 3. The van der Waals surface area contributed by atoms with Crippen LogP contribution >= 0.6 is 11.6 Å². The van der Waals surface area contributed by atoms with E-state index < -0.39 is 0 Å². The van der Waals surface area contributed by atoms with Crippen LogP contribution in [0, 0.1) is 0 Å². The molecule has 0 N–H and O–H groups in total. The standard InChI is InChI=1S/C15H10ClN5/c16-12-4-2-1-3-10(12)15-11-5-6-17-7-13(11)21-9-19-20-14(21)8-18-15/h1-7,9H,8H2. The van der Waals surface area contributed by atoms with Crippen molar-refractivity contribution in [2.24, 2.45) is 4.99 Å². The number of benzene rings is 1. The number of halogens is 1. The fourth-order valence-electron chi connectivity index (χ4n) is 2.46. The largest absolute Gasteiger partial charge is 0.282 e. The van der Waals surface area contributed by atoms with Gasteiger partial charge in [-0.2, -0.15) is 0 Å². The van der Waals surface area contributed by atoms with Gasteiger partial charge in [0.25, 0.3) is 0 Å². The van der Waals surface area contributed by atoms with Gasteiger partial charge in [-0.15, -0.1) is 10.2 Å². The molecule has 6 heteroatoms. The zero-order valence-electron chi connectivity index (χ0n) is 10.9. The number of hydrogen-bond acceptors (Lipinski definition) is 4. The number of hydrogen-bond donors (Lipinski definition) is 0. The Morgan fingerprint density at radius 1 is 1.10 bits per heavy atom. The average Bonchev–Trinajstić information content (AvgIpc) is 2.92. The summed E-state index contributed by atoms with van der Waals surface area (Å²) in [6.45, 7) is 0.454. The van der Waals surface area contributed by atoms with Crippen LogP contribution in [0.4, 0.5) is 0 Å². The van der Waals surface area contributed by atoms with Gasteiger partial charge in [0.15, 0.2) is 5.82 Å². The second kappa shape index (κ2) is 4.79. The third-order valence-corrected chi connectivity index (χ3v) is 3.77. The van der Waals surface area contributed by atoms with E-state index in [2.05, 4.69) is 15.2 Å². The van der Waals surface area contributed by atoms with Crippen LogP contribution < -0.4 is 0 Å². The lowest BCUT2D eigenvalue weighted by molar-refractivity contribution is 0.868. The topological polar surface area (TPSA) is 56.0 Å². The maximum absolute atomic E-state index is 6.33. The van der Waals surface area contributed by atoms with Crippen molar-refractivity contribution in [2.45, 2.75) is 6.54 Å². The van der Waals surface area contributed by atoms with Gasteiger partial charge in [-0.05, 0) is 12.1 Å². The molecule has 0 radical (unpaired) electrons. The molecular weight excluding hydrogens is 286 g/mol. The summed E-state index contributed by atoms with van der Waals surface area (Å²) in [5, 5.41) is 8.74. The lowest BCUT2D eigenvalue weighted by Gasteiger charge is -2.11. The predicted molar refractivity (Wildman–Crippen MR) is 79.9 cm³/mol. The summed E-state index contributed by atoms with van der Waals surface area (Å²) < 4.78 is 1.91. The molecule has 3 aromatic rings. The van der Waals surface area contributed by atoms with E-state index in [4.69, 9.17) is 16.6 Å². The SMILES string of the molecule is Clc1ccccc1C1=NCc2nncn2-c2cnccc21. The molecule has 2 aromatic heterocycles. The molecule has 5 nitrogen and oxygen atoms in total. The van der Waals surface area contributed by atoms with Crippen LogP contribution in [-0.2, 0) is 6.54 Å². The summed E-state index contributed by atoms with van der Waals surface area (Å²) in [5.74, 6) is 0.784. The molecule has 0 bridgehead atoms. The first kappa shape index (κ1) is 12.2. The van der Waals surface area contributed by atoms with Crippen LogP contribution in [-0.4, -0.2) is 25.5 Å². The third kappa shape index (κ3) is 1.94. The number of aliphatic imine (C=N–C) groups is 1. The zero-order valence-corrected chi connectivity index (χ0v) is 11.7. The predicted octanol–water partition coefficient (Wildman–Crippen LogP) is 2.67. The molecule has 0 atom stereocenters. The molecule has 0 fully saturated rings. The minimum absolute atomic E-state index is 0.454. The minimum Gasteiger partial charge on any atom is -0.282 e. The summed E-state index contributed by atoms with van der Waals surface area (Å²) in [7, 11) is 0. The van der Waals surface area contributed by atoms with Crippen molar-refractivity contribution in [2.75, 3.05) is 0 Å². The van der Waals surface area contributed by atoms with Crippen LogP contribution in [0.15, 0.2) is 54.0 Å². The van der Waals surface area contributed by atoms with Crippen molar-refractivity contribution >= 4 is 17.3 Å². The second-order valence-corrected chi connectivity index (χ2v) is 5.06. The van der Waals surface area contributed by atoms with Crippen molar-refractivity contribution in [3.8, 4) is 5.69 Å². The van der Waals surface area contributed by atoms with Gasteiger partial charge >= 0.3 is 0 Å². The highest BCUT2D eigenvalue weighted by molar-refractivity contribution is 6.35. The van der Waals surface area contributed by atoms with E-state index in [1.807, 2.05) is 34.9 Å². The first-order valence-corrected chi connectivity index (χ1v) is 6.85. The van der Waals surface area contributed by atoms with Gasteiger partial charge in [0.1, 0.15) is 12.9 Å². The van der Waals surface area contributed by atoms with Crippen LogP contribution in [0.2, 0.25) is 5.02 Å². The quantitative estimate of drug-likeness (QED) is 0.693. The maximum Gasteiger partial charge on any atom is 0.159 e. The van der Waals surface area contributed by atoms with Gasteiger partial charge < -0.3 is 0 Å². The molecule has 3 heterocycles. The van der Waals surface area contributed by atoms with E-state index in [0.717, 1.165) is 28.4 Å². The molecule has 0 amide bonds. The molecule has 4 rings (SSSR count). The van der Waals surface area contributed by atoms with Gasteiger partial charge in [-0.3, -0.25) is 14.5 Å². The molecular formula is C15H10ClN5. The van der Waals surface area contributed by atoms with Gasteiger partial charge in [0, 0.05) is 22.3 Å². The molecule has 1 aliphatic rings. The number of nitrogens with zero attached hydrogens (tertiary/aromatic N) is 5. The molecule has 0 spiro atoms. The fourth-order valence-corrected chi connectivity index (χ4v) is 2.69. The first-order valence-electron chi connectivity index (χ1n) is 6.47. The van der Waals surface area contributed by atoms with Crippen LogP contribution in [0.25, 0.3) is 5.69 Å². The van der Waals surface area contributed by atoms with Gasteiger partial charge in [-0.25, -0.2) is 0 Å². The van der Waals surface area contributed by atoms with Crippen molar-refractivity contribution in [1.29, 1.82) is 0 Å². The highest BCUT2D eigenvalue weighted by atomic mass is 35.5. The van der Waals surface area contributed by atoms with Crippen LogP contribution in [0.5, 0.6) is 0 Å². The van der Waals surface area contributed by atoms with E-state index in [0.29, 0.717) is 11.6 Å². The van der Waals surface area contributed by atoms with Crippen molar-refractivity contribution in [3.63, 3.8) is 0 Å². The van der Waals surface area contributed by atoms with Gasteiger partial charge in [-0.1, -0.05) is 29.8 Å². The Kier molecular flexibility index (Phi) is 2.79. The Labute approximate surface area is 126 Å². The molecule has 21 heavy (non-hydrogen) atoms. The van der Waals surface area contributed by atoms with E-state index in [1.165, 1.54) is 0 Å². The molecule has 1 aliphatic heterocycles. The maximum atomic E-state index is 6.33. The highest BCUT2D eigenvalue weighted by Gasteiger charge is 2.20.